The molecule has 0 atom stereocenters. The largest absolute Gasteiger partial charge is 0.494 e. The number of aromatic nitrogens is 4. The van der Waals surface area contributed by atoms with Crippen LogP contribution < -0.4 is 21.5 Å². The highest BCUT2D eigenvalue weighted by Crippen LogP contribution is 2.30. The average Bonchev–Trinajstić information content (AvgIpc) is 3.21. The number of carbonyl (C=O) groups is 2. The van der Waals surface area contributed by atoms with Crippen LogP contribution in [0.2, 0.25) is 0 Å². The number of rotatable bonds is 7. The van der Waals surface area contributed by atoms with Gasteiger partial charge in [0, 0.05) is 25.2 Å². The first-order valence-corrected chi connectivity index (χ1v) is 8.83. The lowest BCUT2D eigenvalue weighted by Gasteiger charge is -2.11. The number of anilines is 1. The molecule has 1 aromatic carbocycles. The second kappa shape index (κ2) is 7.69. The van der Waals surface area contributed by atoms with E-state index in [4.69, 9.17) is 16.2 Å². The zero-order valence-electron chi connectivity index (χ0n) is 16.0. The van der Waals surface area contributed by atoms with Crippen molar-refractivity contribution < 1.29 is 14.3 Å². The highest BCUT2D eigenvalue weighted by molar-refractivity contribution is 6.04. The molecule has 148 valence electrons. The maximum Gasteiger partial charge on any atom is 0.276 e. The fourth-order valence-corrected chi connectivity index (χ4v) is 3.11. The third kappa shape index (κ3) is 3.41. The molecule has 5 N–H and O–H groups in total. The third-order valence-corrected chi connectivity index (χ3v) is 4.32. The first-order valence-electron chi connectivity index (χ1n) is 8.83. The second-order valence-electron chi connectivity index (χ2n) is 6.23. The fraction of sp³-hybridized carbons (Fsp3) is 0.333. The molecular weight excluding hydrogens is 362 g/mol. The number of aryl methyl sites for hydroxylation is 2. The summed E-state index contributed by atoms with van der Waals surface area (Å²) >= 11 is 0. The Balaban J connectivity index is 2.10. The van der Waals surface area contributed by atoms with Crippen LogP contribution >= 0.6 is 0 Å². The molecule has 10 nitrogen and oxygen atoms in total. The number of carbonyl (C=O) groups excluding carboxylic acids is 2. The maximum absolute atomic E-state index is 12.8. The van der Waals surface area contributed by atoms with E-state index in [1.165, 1.54) is 7.11 Å². The zero-order valence-corrected chi connectivity index (χ0v) is 16.0. The standard InChI is InChI=1S/C18H23N7O3/c1-4-25-13(7-10(2)23-25)17(27)22-18-21-12-8-11(16(20)26)9-14(28-3)15(12)24(18)6-5-19/h7-9H,4-6,19H2,1-3H3,(H2,20,26)(H,21,22,27). The molecule has 2 aromatic heterocycles. The van der Waals surface area contributed by atoms with Gasteiger partial charge in [-0.05, 0) is 32.0 Å². The molecule has 0 fully saturated rings. The van der Waals surface area contributed by atoms with Crippen LogP contribution in [-0.4, -0.2) is 44.8 Å². The Bertz CT molecular complexity index is 1050. The number of nitrogens with one attached hydrogen (secondary N) is 1. The van der Waals surface area contributed by atoms with E-state index >= 15 is 0 Å². The zero-order chi connectivity index (χ0) is 20.4. The van der Waals surface area contributed by atoms with Gasteiger partial charge >= 0.3 is 0 Å². The highest BCUT2D eigenvalue weighted by atomic mass is 16.5. The second-order valence-corrected chi connectivity index (χ2v) is 6.23. The van der Waals surface area contributed by atoms with E-state index in [1.807, 2.05) is 13.8 Å². The Morgan fingerprint density at radius 2 is 2.04 bits per heavy atom. The van der Waals surface area contributed by atoms with Crippen LogP contribution in [0.5, 0.6) is 5.75 Å². The number of nitrogens with two attached hydrogens (primary N) is 2. The number of methoxy groups -OCH3 is 1. The van der Waals surface area contributed by atoms with Crippen molar-refractivity contribution in [3.8, 4) is 5.75 Å². The Labute approximate surface area is 161 Å². The number of primary amides is 1. The smallest absolute Gasteiger partial charge is 0.276 e. The summed E-state index contributed by atoms with van der Waals surface area (Å²) in [7, 11) is 1.49. The van der Waals surface area contributed by atoms with Gasteiger partial charge in [-0.1, -0.05) is 0 Å². The van der Waals surface area contributed by atoms with Gasteiger partial charge in [-0.2, -0.15) is 5.10 Å². The van der Waals surface area contributed by atoms with Crippen LogP contribution in [0.1, 0.15) is 33.5 Å². The van der Waals surface area contributed by atoms with Crippen molar-refractivity contribution in [2.24, 2.45) is 11.5 Å². The SMILES string of the molecule is CCn1nc(C)cc1C(=O)Nc1nc2cc(C(N)=O)cc(OC)c2n1CCN. The molecule has 0 saturated heterocycles. The Kier molecular flexibility index (Phi) is 5.32. The van der Waals surface area contributed by atoms with Crippen LogP contribution in [-0.2, 0) is 13.1 Å². The van der Waals surface area contributed by atoms with Crippen LogP contribution in [0, 0.1) is 6.92 Å². The lowest BCUT2D eigenvalue weighted by atomic mass is 10.1. The molecule has 3 rings (SSSR count). The van der Waals surface area contributed by atoms with Gasteiger partial charge in [0.1, 0.15) is 17.0 Å². The molecule has 0 aliphatic heterocycles. The Morgan fingerprint density at radius 3 is 2.64 bits per heavy atom. The van der Waals surface area contributed by atoms with Gasteiger partial charge in [0.15, 0.2) is 0 Å². The summed E-state index contributed by atoms with van der Waals surface area (Å²) in [6.07, 6.45) is 0. The molecule has 10 heteroatoms. The number of hydrogen-bond acceptors (Lipinski definition) is 6. The first-order chi connectivity index (χ1) is 13.4. The number of amides is 2. The highest BCUT2D eigenvalue weighted by Gasteiger charge is 2.21. The quantitative estimate of drug-likeness (QED) is 0.551. The minimum atomic E-state index is -0.596. The topological polar surface area (TPSA) is 143 Å². The maximum atomic E-state index is 12.8. The summed E-state index contributed by atoms with van der Waals surface area (Å²) in [4.78, 5) is 28.9. The summed E-state index contributed by atoms with van der Waals surface area (Å²) in [5.74, 6) is -0.222. The van der Waals surface area contributed by atoms with Crippen LogP contribution in [0.15, 0.2) is 18.2 Å². The number of hydrogen-bond donors (Lipinski definition) is 3. The van der Waals surface area contributed by atoms with E-state index in [1.54, 1.807) is 27.4 Å². The number of benzene rings is 1. The monoisotopic (exact) mass is 385 g/mol. The van der Waals surface area contributed by atoms with E-state index in [2.05, 4.69) is 15.4 Å². The molecular formula is C18H23N7O3. The van der Waals surface area contributed by atoms with Gasteiger partial charge in [0.05, 0.1) is 18.3 Å². The molecule has 3 aromatic rings. The van der Waals surface area contributed by atoms with Gasteiger partial charge in [0.25, 0.3) is 5.91 Å². The van der Waals surface area contributed by atoms with Crippen molar-refractivity contribution in [2.75, 3.05) is 19.0 Å². The van der Waals surface area contributed by atoms with Gasteiger partial charge in [-0.3, -0.25) is 19.6 Å². The molecule has 0 unspecified atom stereocenters. The minimum absolute atomic E-state index is 0.263. The predicted octanol–water partition coefficient (Wildman–Crippen LogP) is 0.880. The van der Waals surface area contributed by atoms with Gasteiger partial charge in [-0.15, -0.1) is 0 Å². The molecule has 0 radical (unpaired) electrons. The number of fused-ring (bicyclic) bond motifs is 1. The molecule has 2 heterocycles. The summed E-state index contributed by atoms with van der Waals surface area (Å²) in [6, 6.07) is 4.81. The van der Waals surface area contributed by atoms with Crippen LogP contribution in [0.3, 0.4) is 0 Å². The Hall–Kier alpha value is -3.40. The van der Waals surface area contributed by atoms with E-state index < -0.39 is 5.91 Å². The summed E-state index contributed by atoms with van der Waals surface area (Å²) in [5, 5.41) is 7.10. The van der Waals surface area contributed by atoms with E-state index in [0.717, 1.165) is 5.69 Å². The number of imidazole rings is 1. The van der Waals surface area contributed by atoms with Crippen molar-refractivity contribution >= 4 is 28.8 Å². The normalized spacial score (nSPS) is 11.0. The Morgan fingerprint density at radius 1 is 1.29 bits per heavy atom. The van der Waals surface area contributed by atoms with Gasteiger partial charge in [0.2, 0.25) is 11.9 Å². The average molecular weight is 385 g/mol. The fourth-order valence-electron chi connectivity index (χ4n) is 3.11. The molecule has 0 aliphatic carbocycles. The number of nitrogens with zero attached hydrogens (tertiary/aromatic N) is 4. The van der Waals surface area contributed by atoms with E-state index in [9.17, 15) is 9.59 Å². The van der Waals surface area contributed by atoms with Crippen molar-refractivity contribution in [3.63, 3.8) is 0 Å². The summed E-state index contributed by atoms with van der Waals surface area (Å²) in [6.45, 7) is 5.00. The lowest BCUT2D eigenvalue weighted by Crippen LogP contribution is -2.21. The molecule has 0 spiro atoms. The lowest BCUT2D eigenvalue weighted by molar-refractivity contribution is 0.0995. The van der Waals surface area contributed by atoms with E-state index in [0.29, 0.717) is 48.1 Å². The molecule has 2 amide bonds. The summed E-state index contributed by atoms with van der Waals surface area (Å²) < 4.78 is 8.78. The van der Waals surface area contributed by atoms with Gasteiger partial charge in [-0.25, -0.2) is 4.98 Å². The molecule has 0 saturated carbocycles. The van der Waals surface area contributed by atoms with Crippen molar-refractivity contribution in [1.82, 2.24) is 19.3 Å². The minimum Gasteiger partial charge on any atom is -0.494 e. The van der Waals surface area contributed by atoms with Crippen molar-refractivity contribution in [2.45, 2.75) is 26.9 Å². The predicted molar refractivity (Wildman–Crippen MR) is 104 cm³/mol. The van der Waals surface area contributed by atoms with E-state index in [-0.39, 0.29) is 11.5 Å². The third-order valence-electron chi connectivity index (χ3n) is 4.32. The first kappa shape index (κ1) is 19.4. The van der Waals surface area contributed by atoms with Crippen molar-refractivity contribution in [3.05, 3.63) is 35.2 Å². The van der Waals surface area contributed by atoms with Crippen molar-refractivity contribution in [1.29, 1.82) is 0 Å². The molecule has 28 heavy (non-hydrogen) atoms. The summed E-state index contributed by atoms with van der Waals surface area (Å²) in [5.41, 5.74) is 13.7. The molecule has 0 bridgehead atoms. The van der Waals surface area contributed by atoms with Gasteiger partial charge < -0.3 is 20.8 Å². The number of ether oxygens (including phenoxy) is 1. The van der Waals surface area contributed by atoms with Crippen LogP contribution in [0.25, 0.3) is 11.0 Å². The molecule has 0 aliphatic rings. The van der Waals surface area contributed by atoms with Crippen LogP contribution in [0.4, 0.5) is 5.95 Å².